The molecule has 1 fully saturated rings. The molecule has 1 aromatic carbocycles. The van der Waals surface area contributed by atoms with E-state index in [1.807, 2.05) is 0 Å². The van der Waals surface area contributed by atoms with Crippen LogP contribution in [0.3, 0.4) is 0 Å². The van der Waals surface area contributed by atoms with Crippen molar-refractivity contribution in [1.29, 1.82) is 0 Å². The van der Waals surface area contributed by atoms with Crippen molar-refractivity contribution in [3.05, 3.63) is 23.8 Å². The molecule has 2 amide bonds. The number of aryl methyl sites for hydroxylation is 1. The number of carbonyl (C=O) groups excluding carboxylic acids is 1. The van der Waals surface area contributed by atoms with Crippen molar-refractivity contribution in [3.63, 3.8) is 0 Å². The molecule has 1 saturated heterocycles. The molecule has 0 spiro atoms. The van der Waals surface area contributed by atoms with Crippen LogP contribution in [0.5, 0.6) is 5.75 Å². The molecule has 1 heterocycles. The van der Waals surface area contributed by atoms with Crippen molar-refractivity contribution in [2.75, 3.05) is 36.5 Å². The molecule has 0 aliphatic carbocycles. The number of halogens is 3. The Bertz CT molecular complexity index is 531. The Morgan fingerprint density at radius 1 is 1.36 bits per heavy atom. The number of alkyl halides is 3. The van der Waals surface area contributed by atoms with Crippen LogP contribution in [0.1, 0.15) is 5.56 Å². The van der Waals surface area contributed by atoms with Gasteiger partial charge in [0.2, 0.25) is 0 Å². The van der Waals surface area contributed by atoms with E-state index in [2.05, 4.69) is 5.32 Å². The lowest BCUT2D eigenvalue weighted by molar-refractivity contribution is -0.153. The van der Waals surface area contributed by atoms with E-state index >= 15 is 0 Å². The van der Waals surface area contributed by atoms with Gasteiger partial charge in [0.15, 0.2) is 6.61 Å². The fourth-order valence-electron chi connectivity index (χ4n) is 2.02. The molecule has 8 heteroatoms. The van der Waals surface area contributed by atoms with Crippen LogP contribution in [0, 0.1) is 6.92 Å². The minimum atomic E-state index is -4.37. The second kappa shape index (κ2) is 7.13. The molecule has 1 N–H and O–H groups in total. The first-order valence-corrected chi connectivity index (χ1v) is 7.94. The number of benzene rings is 1. The third kappa shape index (κ3) is 5.01. The number of anilines is 1. The van der Waals surface area contributed by atoms with E-state index in [4.69, 9.17) is 4.74 Å². The van der Waals surface area contributed by atoms with Crippen LogP contribution in [0.2, 0.25) is 0 Å². The Labute approximate surface area is 131 Å². The minimum Gasteiger partial charge on any atom is -0.484 e. The van der Waals surface area contributed by atoms with Gasteiger partial charge in [-0.15, -0.1) is 0 Å². The minimum absolute atomic E-state index is 0.157. The maximum atomic E-state index is 12.1. The van der Waals surface area contributed by atoms with E-state index in [1.165, 1.54) is 12.1 Å². The van der Waals surface area contributed by atoms with Gasteiger partial charge in [0, 0.05) is 30.3 Å². The number of rotatable bonds is 3. The van der Waals surface area contributed by atoms with Crippen molar-refractivity contribution in [3.8, 4) is 5.75 Å². The monoisotopic (exact) mass is 334 g/mol. The highest BCUT2D eigenvalue weighted by Crippen LogP contribution is 2.25. The SMILES string of the molecule is Cc1cc(NC(=O)N2CCSCC2)ccc1OCC(F)(F)F. The summed E-state index contributed by atoms with van der Waals surface area (Å²) < 4.78 is 41.1. The summed E-state index contributed by atoms with van der Waals surface area (Å²) in [6, 6.07) is 4.38. The van der Waals surface area contributed by atoms with E-state index in [9.17, 15) is 18.0 Å². The quantitative estimate of drug-likeness (QED) is 0.920. The molecular weight excluding hydrogens is 317 g/mol. The van der Waals surface area contributed by atoms with E-state index in [-0.39, 0.29) is 11.8 Å². The molecule has 0 saturated carbocycles. The number of nitrogens with one attached hydrogen (secondary N) is 1. The zero-order valence-electron chi connectivity index (χ0n) is 12.1. The van der Waals surface area contributed by atoms with E-state index in [0.717, 1.165) is 11.5 Å². The highest BCUT2D eigenvalue weighted by Gasteiger charge is 2.28. The Morgan fingerprint density at radius 2 is 2.05 bits per heavy atom. The van der Waals surface area contributed by atoms with E-state index < -0.39 is 12.8 Å². The molecule has 0 bridgehead atoms. The van der Waals surface area contributed by atoms with Crippen molar-refractivity contribution in [1.82, 2.24) is 4.90 Å². The van der Waals surface area contributed by atoms with Gasteiger partial charge in [-0.25, -0.2) is 4.79 Å². The highest BCUT2D eigenvalue weighted by atomic mass is 32.2. The summed E-state index contributed by atoms with van der Waals surface area (Å²) in [6.07, 6.45) is -4.37. The van der Waals surface area contributed by atoms with Crippen molar-refractivity contribution < 1.29 is 22.7 Å². The smallest absolute Gasteiger partial charge is 0.422 e. The maximum absolute atomic E-state index is 12.1. The number of amides is 2. The lowest BCUT2D eigenvalue weighted by atomic mass is 10.2. The summed E-state index contributed by atoms with van der Waals surface area (Å²) in [7, 11) is 0. The van der Waals surface area contributed by atoms with Gasteiger partial charge in [0.05, 0.1) is 0 Å². The van der Waals surface area contributed by atoms with Crippen molar-refractivity contribution in [2.24, 2.45) is 0 Å². The lowest BCUT2D eigenvalue weighted by Crippen LogP contribution is -2.40. The third-order valence-electron chi connectivity index (χ3n) is 3.12. The van der Waals surface area contributed by atoms with Crippen LogP contribution >= 0.6 is 11.8 Å². The summed E-state index contributed by atoms with van der Waals surface area (Å²) >= 11 is 1.80. The third-order valence-corrected chi connectivity index (χ3v) is 4.06. The van der Waals surface area contributed by atoms with Gasteiger partial charge in [-0.05, 0) is 30.7 Å². The van der Waals surface area contributed by atoms with Crippen LogP contribution < -0.4 is 10.1 Å². The van der Waals surface area contributed by atoms with Crippen LogP contribution in [0.4, 0.5) is 23.7 Å². The molecule has 0 aromatic heterocycles. The van der Waals surface area contributed by atoms with Crippen LogP contribution in [-0.2, 0) is 0 Å². The Kier molecular flexibility index (Phi) is 5.44. The number of hydrogen-bond acceptors (Lipinski definition) is 3. The first-order chi connectivity index (χ1) is 10.3. The Balaban J connectivity index is 1.95. The first kappa shape index (κ1) is 16.8. The molecule has 1 aromatic rings. The summed E-state index contributed by atoms with van der Waals surface area (Å²) in [6.45, 7) is 1.70. The van der Waals surface area contributed by atoms with Gasteiger partial charge in [-0.3, -0.25) is 0 Å². The van der Waals surface area contributed by atoms with Gasteiger partial charge < -0.3 is 15.0 Å². The van der Waals surface area contributed by atoms with Gasteiger partial charge in [-0.1, -0.05) is 0 Å². The fraction of sp³-hybridized carbons (Fsp3) is 0.500. The topological polar surface area (TPSA) is 41.6 Å². The number of carbonyl (C=O) groups is 1. The lowest BCUT2D eigenvalue weighted by Gasteiger charge is -2.26. The normalized spacial score (nSPS) is 15.5. The number of thioether (sulfide) groups is 1. The average Bonchev–Trinajstić information content (AvgIpc) is 2.46. The van der Waals surface area contributed by atoms with Crippen LogP contribution in [-0.4, -0.2) is 48.3 Å². The van der Waals surface area contributed by atoms with Gasteiger partial charge in [0.1, 0.15) is 5.75 Å². The maximum Gasteiger partial charge on any atom is 0.422 e. The van der Waals surface area contributed by atoms with Gasteiger partial charge >= 0.3 is 12.2 Å². The largest absolute Gasteiger partial charge is 0.484 e. The molecule has 1 aliphatic rings. The highest BCUT2D eigenvalue weighted by molar-refractivity contribution is 7.99. The fourth-order valence-corrected chi connectivity index (χ4v) is 2.92. The molecule has 4 nitrogen and oxygen atoms in total. The summed E-state index contributed by atoms with van der Waals surface area (Å²) in [5.74, 6) is 1.98. The molecular formula is C14H17F3N2O2S. The summed E-state index contributed by atoms with van der Waals surface area (Å²) in [5, 5.41) is 2.75. The molecule has 0 atom stereocenters. The molecule has 2 rings (SSSR count). The predicted molar refractivity (Wildman–Crippen MR) is 80.6 cm³/mol. The molecule has 122 valence electrons. The van der Waals surface area contributed by atoms with Crippen LogP contribution in [0.15, 0.2) is 18.2 Å². The Hall–Kier alpha value is -1.57. The number of urea groups is 1. The summed E-state index contributed by atoms with van der Waals surface area (Å²) in [4.78, 5) is 13.8. The number of nitrogens with zero attached hydrogens (tertiary/aromatic N) is 1. The zero-order valence-corrected chi connectivity index (χ0v) is 12.9. The van der Waals surface area contributed by atoms with Crippen molar-refractivity contribution in [2.45, 2.75) is 13.1 Å². The first-order valence-electron chi connectivity index (χ1n) is 6.79. The molecule has 0 radical (unpaired) electrons. The van der Waals surface area contributed by atoms with Crippen LogP contribution in [0.25, 0.3) is 0 Å². The second-order valence-electron chi connectivity index (χ2n) is 4.91. The number of hydrogen-bond donors (Lipinski definition) is 1. The Morgan fingerprint density at radius 3 is 2.64 bits per heavy atom. The zero-order chi connectivity index (χ0) is 16.2. The van der Waals surface area contributed by atoms with E-state index in [0.29, 0.717) is 24.3 Å². The molecule has 22 heavy (non-hydrogen) atoms. The van der Waals surface area contributed by atoms with Crippen molar-refractivity contribution >= 4 is 23.5 Å². The standard InChI is InChI=1S/C14H17F3N2O2S/c1-10-8-11(2-3-12(10)21-9-14(15,16)17)18-13(20)19-4-6-22-7-5-19/h2-3,8H,4-7,9H2,1H3,(H,18,20). The molecule has 1 aliphatic heterocycles. The number of ether oxygens (including phenoxy) is 1. The summed E-state index contributed by atoms with van der Waals surface area (Å²) in [5.41, 5.74) is 1.08. The van der Waals surface area contributed by atoms with E-state index in [1.54, 1.807) is 29.7 Å². The average molecular weight is 334 g/mol. The molecule has 0 unspecified atom stereocenters. The van der Waals surface area contributed by atoms with Gasteiger partial charge in [0.25, 0.3) is 0 Å². The predicted octanol–water partition coefficient (Wildman–Crippen LogP) is 3.52. The van der Waals surface area contributed by atoms with Gasteiger partial charge in [-0.2, -0.15) is 24.9 Å². The second-order valence-corrected chi connectivity index (χ2v) is 6.14.